The van der Waals surface area contributed by atoms with Gasteiger partial charge in [0.15, 0.2) is 0 Å². The van der Waals surface area contributed by atoms with Gasteiger partial charge in [-0.3, -0.25) is 4.79 Å². The molecule has 0 aromatic heterocycles. The molecule has 1 aliphatic heterocycles. The zero-order chi connectivity index (χ0) is 15.2. The standard InChI is InChI=1S/C17H25ClN2O/c1-13(2)20(12-15-5-3-7-16(18)9-15)17(21)10-14-6-4-8-19-11-14/h3,5,7,9,13-14,19H,4,6,8,10-12H2,1-2H3. The number of halogens is 1. The van der Waals surface area contributed by atoms with Gasteiger partial charge in [0.1, 0.15) is 0 Å². The number of piperidine rings is 1. The van der Waals surface area contributed by atoms with E-state index >= 15 is 0 Å². The molecule has 0 aliphatic carbocycles. The Balaban J connectivity index is 1.98. The van der Waals surface area contributed by atoms with Crippen molar-refractivity contribution < 1.29 is 4.79 Å². The van der Waals surface area contributed by atoms with Gasteiger partial charge in [0, 0.05) is 24.0 Å². The van der Waals surface area contributed by atoms with Crippen molar-refractivity contribution in [3.63, 3.8) is 0 Å². The molecule has 0 saturated carbocycles. The second-order valence-corrected chi connectivity index (χ2v) is 6.60. The van der Waals surface area contributed by atoms with Gasteiger partial charge in [-0.25, -0.2) is 0 Å². The average Bonchev–Trinajstić information content (AvgIpc) is 2.45. The highest BCUT2D eigenvalue weighted by atomic mass is 35.5. The van der Waals surface area contributed by atoms with Crippen LogP contribution in [0.2, 0.25) is 5.02 Å². The first-order chi connectivity index (χ1) is 10.1. The van der Waals surface area contributed by atoms with Gasteiger partial charge >= 0.3 is 0 Å². The van der Waals surface area contributed by atoms with E-state index in [1.54, 1.807) is 0 Å². The van der Waals surface area contributed by atoms with Crippen LogP contribution in [-0.4, -0.2) is 29.9 Å². The minimum Gasteiger partial charge on any atom is -0.336 e. The van der Waals surface area contributed by atoms with Crippen molar-refractivity contribution in [1.82, 2.24) is 10.2 Å². The molecular formula is C17H25ClN2O. The van der Waals surface area contributed by atoms with Gasteiger partial charge < -0.3 is 10.2 Å². The summed E-state index contributed by atoms with van der Waals surface area (Å²) in [4.78, 5) is 14.6. The molecule has 1 atom stereocenters. The Morgan fingerprint density at radius 1 is 1.48 bits per heavy atom. The number of benzene rings is 1. The monoisotopic (exact) mass is 308 g/mol. The Labute approximate surface area is 132 Å². The first-order valence-electron chi connectivity index (χ1n) is 7.81. The van der Waals surface area contributed by atoms with Crippen LogP contribution in [0.3, 0.4) is 0 Å². The van der Waals surface area contributed by atoms with E-state index < -0.39 is 0 Å². The van der Waals surface area contributed by atoms with Crippen LogP contribution in [0.15, 0.2) is 24.3 Å². The number of nitrogens with one attached hydrogen (secondary N) is 1. The molecule has 1 amide bonds. The van der Waals surface area contributed by atoms with E-state index in [2.05, 4.69) is 19.2 Å². The van der Waals surface area contributed by atoms with Gasteiger partial charge in [-0.1, -0.05) is 23.7 Å². The lowest BCUT2D eigenvalue weighted by atomic mass is 9.95. The topological polar surface area (TPSA) is 32.3 Å². The lowest BCUT2D eigenvalue weighted by Crippen LogP contribution is -2.39. The summed E-state index contributed by atoms with van der Waals surface area (Å²) in [7, 11) is 0. The molecule has 1 unspecified atom stereocenters. The zero-order valence-corrected chi connectivity index (χ0v) is 13.7. The predicted octanol–water partition coefficient (Wildman–Crippen LogP) is 3.47. The fourth-order valence-corrected chi connectivity index (χ4v) is 3.07. The first-order valence-corrected chi connectivity index (χ1v) is 8.18. The maximum absolute atomic E-state index is 12.6. The van der Waals surface area contributed by atoms with E-state index in [-0.39, 0.29) is 11.9 Å². The summed E-state index contributed by atoms with van der Waals surface area (Å²) in [6.07, 6.45) is 2.97. The summed E-state index contributed by atoms with van der Waals surface area (Å²) in [6.45, 7) is 6.83. The number of nitrogens with zero attached hydrogens (tertiary/aromatic N) is 1. The van der Waals surface area contributed by atoms with E-state index in [0.29, 0.717) is 18.9 Å². The van der Waals surface area contributed by atoms with Crippen LogP contribution in [0.4, 0.5) is 0 Å². The largest absolute Gasteiger partial charge is 0.336 e. The normalized spacial score (nSPS) is 18.8. The molecule has 4 heteroatoms. The Kier molecular flexibility index (Phi) is 6.07. The van der Waals surface area contributed by atoms with Crippen molar-refractivity contribution in [3.8, 4) is 0 Å². The summed E-state index contributed by atoms with van der Waals surface area (Å²) in [5, 5.41) is 4.10. The molecule has 1 aromatic rings. The second-order valence-electron chi connectivity index (χ2n) is 6.16. The van der Waals surface area contributed by atoms with Crippen molar-refractivity contribution >= 4 is 17.5 Å². The van der Waals surface area contributed by atoms with Gasteiger partial charge in [-0.05, 0) is 63.4 Å². The van der Waals surface area contributed by atoms with Gasteiger partial charge in [0.2, 0.25) is 5.91 Å². The van der Waals surface area contributed by atoms with Crippen LogP contribution in [0.1, 0.15) is 38.7 Å². The Morgan fingerprint density at radius 3 is 2.90 bits per heavy atom. The average molecular weight is 309 g/mol. The SMILES string of the molecule is CC(C)N(Cc1cccc(Cl)c1)C(=O)CC1CCCNC1. The minimum atomic E-state index is 0.202. The van der Waals surface area contributed by atoms with E-state index in [1.807, 2.05) is 29.2 Å². The van der Waals surface area contributed by atoms with Crippen molar-refractivity contribution in [1.29, 1.82) is 0 Å². The Hall–Kier alpha value is -1.06. The molecule has 0 bridgehead atoms. The number of hydrogen-bond acceptors (Lipinski definition) is 2. The van der Waals surface area contributed by atoms with Crippen molar-refractivity contribution in [3.05, 3.63) is 34.9 Å². The van der Waals surface area contributed by atoms with Crippen LogP contribution >= 0.6 is 11.6 Å². The quantitative estimate of drug-likeness (QED) is 0.903. The van der Waals surface area contributed by atoms with Crippen LogP contribution in [0.25, 0.3) is 0 Å². The molecule has 21 heavy (non-hydrogen) atoms. The summed E-state index contributed by atoms with van der Waals surface area (Å²) in [5.41, 5.74) is 1.09. The maximum Gasteiger partial charge on any atom is 0.223 e. The third-order valence-electron chi connectivity index (χ3n) is 4.05. The number of carbonyl (C=O) groups is 1. The fourth-order valence-electron chi connectivity index (χ4n) is 2.85. The summed E-state index contributed by atoms with van der Waals surface area (Å²) >= 11 is 6.03. The highest BCUT2D eigenvalue weighted by Crippen LogP contribution is 2.19. The lowest BCUT2D eigenvalue weighted by Gasteiger charge is -2.30. The molecule has 116 valence electrons. The van der Waals surface area contributed by atoms with E-state index in [4.69, 9.17) is 11.6 Å². The van der Waals surface area contributed by atoms with E-state index in [1.165, 1.54) is 6.42 Å². The molecule has 2 rings (SSSR count). The number of carbonyl (C=O) groups excluding carboxylic acids is 1. The van der Waals surface area contributed by atoms with Crippen LogP contribution < -0.4 is 5.32 Å². The molecule has 1 fully saturated rings. The third-order valence-corrected chi connectivity index (χ3v) is 4.28. The number of rotatable bonds is 5. The maximum atomic E-state index is 12.6. The van der Waals surface area contributed by atoms with E-state index in [9.17, 15) is 4.79 Å². The van der Waals surface area contributed by atoms with E-state index in [0.717, 1.165) is 30.1 Å². The smallest absolute Gasteiger partial charge is 0.223 e. The van der Waals surface area contributed by atoms with Crippen LogP contribution in [0.5, 0.6) is 0 Å². The van der Waals surface area contributed by atoms with Crippen molar-refractivity contribution in [2.75, 3.05) is 13.1 Å². The molecule has 1 aliphatic rings. The summed E-state index contributed by atoms with van der Waals surface area (Å²) < 4.78 is 0. The Morgan fingerprint density at radius 2 is 2.29 bits per heavy atom. The van der Waals surface area contributed by atoms with Crippen LogP contribution in [0, 0.1) is 5.92 Å². The number of hydrogen-bond donors (Lipinski definition) is 1. The van der Waals surface area contributed by atoms with Gasteiger partial charge in [0.05, 0.1) is 0 Å². The molecule has 1 saturated heterocycles. The van der Waals surface area contributed by atoms with Crippen LogP contribution in [-0.2, 0) is 11.3 Å². The second kappa shape index (κ2) is 7.81. The predicted molar refractivity (Wildman–Crippen MR) is 87.3 cm³/mol. The molecular weight excluding hydrogens is 284 g/mol. The molecule has 1 heterocycles. The first kappa shape index (κ1) is 16.3. The molecule has 1 N–H and O–H groups in total. The molecule has 0 spiro atoms. The van der Waals surface area contributed by atoms with Crippen molar-refractivity contribution in [2.24, 2.45) is 5.92 Å². The Bertz CT molecular complexity index is 470. The van der Waals surface area contributed by atoms with Crippen molar-refractivity contribution in [2.45, 2.75) is 45.7 Å². The lowest BCUT2D eigenvalue weighted by molar-refractivity contribution is -0.134. The molecule has 1 aromatic carbocycles. The molecule has 0 radical (unpaired) electrons. The molecule has 3 nitrogen and oxygen atoms in total. The third kappa shape index (κ3) is 5.01. The highest BCUT2D eigenvalue weighted by molar-refractivity contribution is 6.30. The highest BCUT2D eigenvalue weighted by Gasteiger charge is 2.22. The fraction of sp³-hybridized carbons (Fsp3) is 0.588. The number of amides is 1. The minimum absolute atomic E-state index is 0.202. The van der Waals surface area contributed by atoms with Gasteiger partial charge in [-0.15, -0.1) is 0 Å². The zero-order valence-electron chi connectivity index (χ0n) is 12.9. The van der Waals surface area contributed by atoms with Gasteiger partial charge in [-0.2, -0.15) is 0 Å². The van der Waals surface area contributed by atoms with Gasteiger partial charge in [0.25, 0.3) is 0 Å². The summed E-state index contributed by atoms with van der Waals surface area (Å²) in [6, 6.07) is 7.96. The summed E-state index contributed by atoms with van der Waals surface area (Å²) in [5.74, 6) is 0.727.